The molecule has 0 aromatic carbocycles. The fourth-order valence-corrected chi connectivity index (χ4v) is 2.69. The molecular weight excluding hydrogens is 200 g/mol. The van der Waals surface area contributed by atoms with Gasteiger partial charge >= 0.3 is 0 Å². The van der Waals surface area contributed by atoms with Gasteiger partial charge in [-0.1, -0.05) is 0 Å². The lowest BCUT2D eigenvalue weighted by Crippen LogP contribution is -2.34. The van der Waals surface area contributed by atoms with Crippen LogP contribution in [0.5, 0.6) is 0 Å². The van der Waals surface area contributed by atoms with Crippen molar-refractivity contribution in [2.75, 3.05) is 20.1 Å². The molecule has 4 heteroatoms. The van der Waals surface area contributed by atoms with Crippen LogP contribution in [0.2, 0.25) is 0 Å². The van der Waals surface area contributed by atoms with E-state index in [4.69, 9.17) is 5.73 Å². The van der Waals surface area contributed by atoms with E-state index < -0.39 is 0 Å². The van der Waals surface area contributed by atoms with Gasteiger partial charge in [-0.2, -0.15) is 5.10 Å². The predicted octanol–water partition coefficient (Wildman–Crippen LogP) is 1.23. The molecule has 4 nitrogen and oxygen atoms in total. The molecule has 90 valence electrons. The van der Waals surface area contributed by atoms with E-state index in [0.717, 1.165) is 12.2 Å². The minimum atomic E-state index is 0.526. The van der Waals surface area contributed by atoms with Crippen LogP contribution >= 0.6 is 0 Å². The summed E-state index contributed by atoms with van der Waals surface area (Å²) in [5, 5.41) is 4.65. The molecule has 16 heavy (non-hydrogen) atoms. The van der Waals surface area contributed by atoms with Crippen molar-refractivity contribution in [3.05, 3.63) is 17.0 Å². The van der Waals surface area contributed by atoms with Crippen LogP contribution in [0.4, 0.5) is 0 Å². The standard InChI is InChI=1S/C12H22N4/c1-9-12(7-13)10(2)16(14-9)11-5-4-6-15(3)8-11/h11H,4-8,13H2,1-3H3. The number of aromatic nitrogens is 2. The topological polar surface area (TPSA) is 47.1 Å². The van der Waals surface area contributed by atoms with E-state index in [9.17, 15) is 0 Å². The molecular formula is C12H22N4. The first-order chi connectivity index (χ1) is 7.63. The van der Waals surface area contributed by atoms with Gasteiger partial charge < -0.3 is 10.6 Å². The molecule has 2 rings (SSSR count). The number of likely N-dealkylation sites (tertiary alicyclic amines) is 1. The second-order valence-corrected chi connectivity index (χ2v) is 4.86. The molecule has 1 fully saturated rings. The summed E-state index contributed by atoms with van der Waals surface area (Å²) in [4.78, 5) is 2.38. The van der Waals surface area contributed by atoms with E-state index in [2.05, 4.69) is 35.6 Å². The molecule has 0 radical (unpaired) electrons. The van der Waals surface area contributed by atoms with E-state index in [1.54, 1.807) is 0 Å². The van der Waals surface area contributed by atoms with Gasteiger partial charge in [0, 0.05) is 24.3 Å². The fraction of sp³-hybridized carbons (Fsp3) is 0.750. The molecule has 0 aliphatic carbocycles. The smallest absolute Gasteiger partial charge is 0.0649 e. The lowest BCUT2D eigenvalue weighted by Gasteiger charge is -2.30. The molecule has 1 aliphatic rings. The van der Waals surface area contributed by atoms with Crippen molar-refractivity contribution in [2.45, 2.75) is 39.3 Å². The second kappa shape index (κ2) is 4.55. The number of nitrogens with zero attached hydrogens (tertiary/aromatic N) is 3. The average Bonchev–Trinajstić information content (AvgIpc) is 2.54. The zero-order valence-electron chi connectivity index (χ0n) is 10.5. The summed E-state index contributed by atoms with van der Waals surface area (Å²) >= 11 is 0. The molecule has 2 heterocycles. The van der Waals surface area contributed by atoms with E-state index in [-0.39, 0.29) is 0 Å². The second-order valence-electron chi connectivity index (χ2n) is 4.86. The summed E-state index contributed by atoms with van der Waals surface area (Å²) in [7, 11) is 2.18. The summed E-state index contributed by atoms with van der Waals surface area (Å²) < 4.78 is 2.19. The van der Waals surface area contributed by atoms with Gasteiger partial charge in [-0.15, -0.1) is 0 Å². The lowest BCUT2D eigenvalue weighted by molar-refractivity contribution is 0.200. The highest BCUT2D eigenvalue weighted by Gasteiger charge is 2.22. The van der Waals surface area contributed by atoms with Crippen LogP contribution < -0.4 is 5.73 Å². The molecule has 0 saturated carbocycles. The summed E-state index contributed by atoms with van der Waals surface area (Å²) in [6, 6.07) is 0.526. The zero-order chi connectivity index (χ0) is 11.7. The van der Waals surface area contributed by atoms with Gasteiger partial charge in [0.05, 0.1) is 11.7 Å². The van der Waals surface area contributed by atoms with Crippen LogP contribution in [-0.4, -0.2) is 34.8 Å². The maximum absolute atomic E-state index is 5.76. The Morgan fingerprint density at radius 1 is 1.44 bits per heavy atom. The van der Waals surface area contributed by atoms with Crippen molar-refractivity contribution < 1.29 is 0 Å². The van der Waals surface area contributed by atoms with Gasteiger partial charge in [-0.25, -0.2) is 0 Å². The molecule has 1 saturated heterocycles. The van der Waals surface area contributed by atoms with Crippen molar-refractivity contribution in [2.24, 2.45) is 5.73 Å². The van der Waals surface area contributed by atoms with Gasteiger partial charge in [0.2, 0.25) is 0 Å². The first-order valence-corrected chi connectivity index (χ1v) is 6.06. The highest BCUT2D eigenvalue weighted by Crippen LogP contribution is 2.24. The van der Waals surface area contributed by atoms with E-state index in [1.807, 2.05) is 0 Å². The maximum Gasteiger partial charge on any atom is 0.0649 e. The molecule has 1 aliphatic heterocycles. The Kier molecular flexibility index (Phi) is 3.30. The van der Waals surface area contributed by atoms with Crippen molar-refractivity contribution in [3.63, 3.8) is 0 Å². The SMILES string of the molecule is Cc1nn(C2CCCN(C)C2)c(C)c1CN. The molecule has 1 unspecified atom stereocenters. The van der Waals surface area contributed by atoms with Crippen LogP contribution in [0.1, 0.15) is 35.8 Å². The summed E-state index contributed by atoms with van der Waals surface area (Å²) in [5.41, 5.74) is 9.32. The Morgan fingerprint density at radius 3 is 2.75 bits per heavy atom. The Morgan fingerprint density at radius 2 is 2.19 bits per heavy atom. The van der Waals surface area contributed by atoms with Gasteiger partial charge in [0.25, 0.3) is 0 Å². The number of rotatable bonds is 2. The first-order valence-electron chi connectivity index (χ1n) is 6.06. The number of hydrogen-bond acceptors (Lipinski definition) is 3. The maximum atomic E-state index is 5.76. The highest BCUT2D eigenvalue weighted by atomic mass is 15.3. The van der Waals surface area contributed by atoms with E-state index in [0.29, 0.717) is 12.6 Å². The van der Waals surface area contributed by atoms with Crippen LogP contribution in [0.25, 0.3) is 0 Å². The number of likely N-dealkylation sites (N-methyl/N-ethyl adjacent to an activating group) is 1. The minimum Gasteiger partial charge on any atom is -0.326 e. The van der Waals surface area contributed by atoms with Crippen molar-refractivity contribution >= 4 is 0 Å². The Labute approximate surface area is 97.4 Å². The van der Waals surface area contributed by atoms with Gasteiger partial charge in [-0.05, 0) is 40.3 Å². The molecule has 0 bridgehead atoms. The third-order valence-corrected chi connectivity index (χ3v) is 3.62. The Hall–Kier alpha value is -0.870. The molecule has 1 aromatic rings. The quantitative estimate of drug-likeness (QED) is 0.818. The monoisotopic (exact) mass is 222 g/mol. The van der Waals surface area contributed by atoms with Crippen molar-refractivity contribution in [1.82, 2.24) is 14.7 Å². The number of piperidine rings is 1. The van der Waals surface area contributed by atoms with Crippen molar-refractivity contribution in [1.29, 1.82) is 0 Å². The van der Waals surface area contributed by atoms with Crippen LogP contribution in [0.3, 0.4) is 0 Å². The van der Waals surface area contributed by atoms with Crippen LogP contribution in [-0.2, 0) is 6.54 Å². The number of nitrogens with two attached hydrogens (primary N) is 1. The zero-order valence-corrected chi connectivity index (χ0v) is 10.5. The molecule has 1 aromatic heterocycles. The third kappa shape index (κ3) is 1.99. The number of hydrogen-bond donors (Lipinski definition) is 1. The summed E-state index contributed by atoms with van der Waals surface area (Å²) in [6.45, 7) is 7.10. The highest BCUT2D eigenvalue weighted by molar-refractivity contribution is 5.24. The van der Waals surface area contributed by atoms with E-state index >= 15 is 0 Å². The normalized spacial score (nSPS) is 22.6. The summed E-state index contributed by atoms with van der Waals surface area (Å²) in [6.07, 6.45) is 2.49. The number of aryl methyl sites for hydroxylation is 1. The lowest BCUT2D eigenvalue weighted by atomic mass is 10.1. The molecule has 1 atom stereocenters. The fourth-order valence-electron chi connectivity index (χ4n) is 2.69. The largest absolute Gasteiger partial charge is 0.326 e. The van der Waals surface area contributed by atoms with Gasteiger partial charge in [0.1, 0.15) is 0 Å². The average molecular weight is 222 g/mol. The van der Waals surface area contributed by atoms with Crippen molar-refractivity contribution in [3.8, 4) is 0 Å². The first kappa shape index (κ1) is 11.6. The van der Waals surface area contributed by atoms with Gasteiger partial charge in [-0.3, -0.25) is 4.68 Å². The predicted molar refractivity (Wildman–Crippen MR) is 65.4 cm³/mol. The Bertz CT molecular complexity index is 369. The Balaban J connectivity index is 2.26. The molecule has 0 amide bonds. The van der Waals surface area contributed by atoms with Crippen LogP contribution in [0.15, 0.2) is 0 Å². The third-order valence-electron chi connectivity index (χ3n) is 3.62. The van der Waals surface area contributed by atoms with E-state index in [1.165, 1.54) is 30.6 Å². The van der Waals surface area contributed by atoms with Crippen LogP contribution in [0, 0.1) is 13.8 Å². The minimum absolute atomic E-state index is 0.526. The summed E-state index contributed by atoms with van der Waals surface area (Å²) in [5.74, 6) is 0. The molecule has 2 N–H and O–H groups in total. The van der Waals surface area contributed by atoms with Gasteiger partial charge in [0.15, 0.2) is 0 Å². The molecule has 0 spiro atoms.